The second kappa shape index (κ2) is 8.41. The summed E-state index contributed by atoms with van der Waals surface area (Å²) in [4.78, 5) is 13.9. The summed E-state index contributed by atoms with van der Waals surface area (Å²) in [5.41, 5.74) is 0. The van der Waals surface area contributed by atoms with Crippen molar-refractivity contribution in [3.63, 3.8) is 0 Å². The van der Waals surface area contributed by atoms with Gasteiger partial charge in [-0.05, 0) is 13.3 Å². The van der Waals surface area contributed by atoms with E-state index in [-0.39, 0.29) is 0 Å². The van der Waals surface area contributed by atoms with Crippen molar-refractivity contribution in [1.82, 2.24) is 25.2 Å². The first-order valence-electron chi connectivity index (χ1n) is 7.09. The molecule has 2 heterocycles. The lowest BCUT2D eigenvalue weighted by molar-refractivity contribution is 0.624. The molecule has 0 unspecified atom stereocenters. The smallest absolute Gasteiger partial charge is 0.190 e. The maximum absolute atomic E-state index is 4.35. The summed E-state index contributed by atoms with van der Waals surface area (Å²) in [7, 11) is 1.79. The normalized spacial score (nSPS) is 11.6. The zero-order valence-electron chi connectivity index (χ0n) is 12.5. The van der Waals surface area contributed by atoms with E-state index in [0.29, 0.717) is 0 Å². The lowest BCUT2D eigenvalue weighted by Crippen LogP contribution is -2.38. The van der Waals surface area contributed by atoms with Gasteiger partial charge in [0.25, 0.3) is 0 Å². The number of aliphatic imine (C=N–C) groups is 1. The van der Waals surface area contributed by atoms with Gasteiger partial charge >= 0.3 is 0 Å². The number of aromatic nitrogens is 3. The number of rotatable bonds is 7. The summed E-state index contributed by atoms with van der Waals surface area (Å²) in [6.45, 7) is 4.76. The fourth-order valence-electron chi connectivity index (χ4n) is 1.91. The van der Waals surface area contributed by atoms with Crippen LogP contribution in [-0.2, 0) is 13.0 Å². The molecule has 0 saturated heterocycles. The molecule has 0 bridgehead atoms. The molecule has 0 aliphatic heterocycles. The predicted molar refractivity (Wildman–Crippen MR) is 86.8 cm³/mol. The van der Waals surface area contributed by atoms with Gasteiger partial charge in [-0.2, -0.15) is 0 Å². The average molecular weight is 306 g/mol. The van der Waals surface area contributed by atoms with Crippen molar-refractivity contribution in [1.29, 1.82) is 0 Å². The molecule has 0 aliphatic carbocycles. The Morgan fingerprint density at radius 2 is 2.24 bits per heavy atom. The monoisotopic (exact) mass is 306 g/mol. The summed E-state index contributed by atoms with van der Waals surface area (Å²) < 4.78 is 2.07. The lowest BCUT2D eigenvalue weighted by Gasteiger charge is -2.11. The van der Waals surface area contributed by atoms with Crippen LogP contribution in [0.2, 0.25) is 0 Å². The first-order chi connectivity index (χ1) is 10.3. The van der Waals surface area contributed by atoms with Gasteiger partial charge in [-0.1, -0.05) is 0 Å². The molecule has 2 rings (SSSR count). The molecule has 2 aromatic rings. The Hall–Kier alpha value is -1.89. The van der Waals surface area contributed by atoms with Gasteiger partial charge in [0.05, 0.1) is 11.3 Å². The highest BCUT2D eigenvalue weighted by atomic mass is 32.1. The molecule has 0 aromatic carbocycles. The number of thiazole rings is 1. The fourth-order valence-corrected chi connectivity index (χ4v) is 2.70. The molecule has 0 radical (unpaired) electrons. The Balaban J connectivity index is 1.59. The minimum absolute atomic E-state index is 0.841. The third-order valence-corrected chi connectivity index (χ3v) is 3.94. The van der Waals surface area contributed by atoms with Crippen molar-refractivity contribution >= 4 is 17.3 Å². The Bertz CT molecular complexity index is 546. The molecule has 2 N–H and O–H groups in total. The van der Waals surface area contributed by atoms with Crippen LogP contribution in [0.5, 0.6) is 0 Å². The first kappa shape index (κ1) is 15.5. The SMILES string of the molecule is CN=C(NCCCn1ccnc1)NCCc1ncc(C)s1. The Morgan fingerprint density at radius 1 is 1.38 bits per heavy atom. The topological polar surface area (TPSA) is 67.1 Å². The van der Waals surface area contributed by atoms with Gasteiger partial charge in [0.15, 0.2) is 5.96 Å². The number of aryl methyl sites for hydroxylation is 2. The van der Waals surface area contributed by atoms with Crippen LogP contribution in [0.3, 0.4) is 0 Å². The van der Waals surface area contributed by atoms with Gasteiger partial charge in [-0.25, -0.2) is 9.97 Å². The Kier molecular flexibility index (Phi) is 6.21. The van der Waals surface area contributed by atoms with E-state index in [1.807, 2.05) is 18.7 Å². The molecule has 21 heavy (non-hydrogen) atoms. The quantitative estimate of drug-likeness (QED) is 0.461. The fraction of sp³-hybridized carbons (Fsp3) is 0.500. The zero-order chi connectivity index (χ0) is 14.9. The number of nitrogens with one attached hydrogen (secondary N) is 2. The number of nitrogens with zero attached hydrogens (tertiary/aromatic N) is 4. The Morgan fingerprint density at radius 3 is 2.90 bits per heavy atom. The van der Waals surface area contributed by atoms with Crippen LogP contribution >= 0.6 is 11.3 Å². The molecule has 114 valence electrons. The van der Waals surface area contributed by atoms with Gasteiger partial charge < -0.3 is 15.2 Å². The molecule has 6 nitrogen and oxygen atoms in total. The van der Waals surface area contributed by atoms with Crippen LogP contribution in [0.15, 0.2) is 29.9 Å². The molecule has 0 spiro atoms. The third-order valence-electron chi connectivity index (χ3n) is 2.97. The number of imidazole rings is 1. The summed E-state index contributed by atoms with van der Waals surface area (Å²) in [5.74, 6) is 0.842. The second-order valence-electron chi connectivity index (χ2n) is 4.69. The minimum atomic E-state index is 0.841. The lowest BCUT2D eigenvalue weighted by atomic mass is 10.4. The molecule has 0 atom stereocenters. The van der Waals surface area contributed by atoms with Crippen LogP contribution in [-0.4, -0.2) is 40.6 Å². The van der Waals surface area contributed by atoms with Crippen LogP contribution in [0.4, 0.5) is 0 Å². The minimum Gasteiger partial charge on any atom is -0.356 e. The number of hydrogen-bond donors (Lipinski definition) is 2. The molecule has 0 fully saturated rings. The first-order valence-corrected chi connectivity index (χ1v) is 7.91. The van der Waals surface area contributed by atoms with Gasteiger partial charge in [-0.3, -0.25) is 4.99 Å². The van der Waals surface area contributed by atoms with Crippen LogP contribution < -0.4 is 10.6 Å². The van der Waals surface area contributed by atoms with E-state index >= 15 is 0 Å². The molecule has 2 aromatic heterocycles. The molecule has 0 aliphatic rings. The summed E-state index contributed by atoms with van der Waals surface area (Å²) in [6, 6.07) is 0. The summed E-state index contributed by atoms with van der Waals surface area (Å²) >= 11 is 1.75. The van der Waals surface area contributed by atoms with E-state index in [1.165, 1.54) is 4.88 Å². The summed E-state index contributed by atoms with van der Waals surface area (Å²) in [6.07, 6.45) is 9.49. The highest BCUT2D eigenvalue weighted by molar-refractivity contribution is 7.11. The van der Waals surface area contributed by atoms with Crippen LogP contribution in [0, 0.1) is 6.92 Å². The molecule has 0 amide bonds. The van der Waals surface area contributed by atoms with E-state index in [2.05, 4.69) is 37.1 Å². The maximum Gasteiger partial charge on any atom is 0.190 e. The maximum atomic E-state index is 4.35. The van der Waals surface area contributed by atoms with E-state index < -0.39 is 0 Å². The average Bonchev–Trinajstić information content (AvgIpc) is 3.13. The van der Waals surface area contributed by atoms with Crippen LogP contribution in [0.1, 0.15) is 16.3 Å². The van der Waals surface area contributed by atoms with E-state index in [0.717, 1.165) is 43.4 Å². The van der Waals surface area contributed by atoms with Crippen molar-refractivity contribution in [2.75, 3.05) is 20.1 Å². The standard InChI is InChI=1S/C14H22N6S/c1-12-10-19-13(21-12)4-6-18-14(15-2)17-5-3-8-20-9-7-16-11-20/h7,9-11H,3-6,8H2,1-2H3,(H2,15,17,18). The molecule has 7 heteroatoms. The van der Waals surface area contributed by atoms with Crippen LogP contribution in [0.25, 0.3) is 0 Å². The van der Waals surface area contributed by atoms with E-state index in [4.69, 9.17) is 0 Å². The largest absolute Gasteiger partial charge is 0.356 e. The van der Waals surface area contributed by atoms with Crippen molar-refractivity contribution in [2.24, 2.45) is 4.99 Å². The van der Waals surface area contributed by atoms with Crippen molar-refractivity contribution in [2.45, 2.75) is 26.3 Å². The van der Waals surface area contributed by atoms with Crippen molar-refractivity contribution in [3.8, 4) is 0 Å². The Labute approximate surface area is 129 Å². The number of hydrogen-bond acceptors (Lipinski definition) is 4. The molecule has 0 saturated carbocycles. The highest BCUT2D eigenvalue weighted by Gasteiger charge is 2.00. The van der Waals surface area contributed by atoms with Crippen molar-refractivity contribution < 1.29 is 0 Å². The van der Waals surface area contributed by atoms with Gasteiger partial charge in [0.2, 0.25) is 0 Å². The third kappa shape index (κ3) is 5.55. The van der Waals surface area contributed by atoms with Gasteiger partial charge in [0.1, 0.15) is 0 Å². The molecular weight excluding hydrogens is 284 g/mol. The van der Waals surface area contributed by atoms with Gasteiger partial charge in [-0.15, -0.1) is 11.3 Å². The zero-order valence-corrected chi connectivity index (χ0v) is 13.4. The predicted octanol–water partition coefficient (Wildman–Crippen LogP) is 1.45. The van der Waals surface area contributed by atoms with Gasteiger partial charge in [0, 0.05) is 56.6 Å². The van der Waals surface area contributed by atoms with Crippen molar-refractivity contribution in [3.05, 3.63) is 34.8 Å². The highest BCUT2D eigenvalue weighted by Crippen LogP contribution is 2.10. The number of guanidine groups is 1. The van der Waals surface area contributed by atoms with E-state index in [9.17, 15) is 0 Å². The van der Waals surface area contributed by atoms with E-state index in [1.54, 1.807) is 24.6 Å². The molecular formula is C14H22N6S. The summed E-state index contributed by atoms with van der Waals surface area (Å²) in [5, 5.41) is 7.78. The second-order valence-corrected chi connectivity index (χ2v) is 6.01.